The smallest absolute Gasteiger partial charge is 0.338 e. The van der Waals surface area contributed by atoms with Crippen LogP contribution < -0.4 is 0 Å². The first kappa shape index (κ1) is 31.3. The second kappa shape index (κ2) is 10.5. The Labute approximate surface area is 250 Å². The summed E-state index contributed by atoms with van der Waals surface area (Å²) in [5.41, 5.74) is -5.66. The lowest BCUT2D eigenvalue weighted by Crippen LogP contribution is -2.81. The quantitative estimate of drug-likeness (QED) is 0.291. The topological polar surface area (TPSA) is 155 Å². The maximum absolute atomic E-state index is 14.9. The second-order valence-electron chi connectivity index (χ2n) is 13.0. The first-order valence-electron chi connectivity index (χ1n) is 14.5. The van der Waals surface area contributed by atoms with Crippen molar-refractivity contribution in [2.45, 2.75) is 96.1 Å². The van der Waals surface area contributed by atoms with Gasteiger partial charge < -0.3 is 33.9 Å². The zero-order chi connectivity index (χ0) is 31.7. The van der Waals surface area contributed by atoms with Gasteiger partial charge in [0.1, 0.15) is 17.8 Å². The van der Waals surface area contributed by atoms with Crippen molar-refractivity contribution in [2.75, 3.05) is 13.7 Å². The Morgan fingerprint density at radius 2 is 1.67 bits per heavy atom. The number of esters is 3. The number of hydrogen-bond donors (Lipinski definition) is 2. The molecule has 2 bridgehead atoms. The Hall–Kier alpha value is -3.12. The van der Waals surface area contributed by atoms with Gasteiger partial charge in [-0.15, -0.1) is 0 Å². The second-order valence-corrected chi connectivity index (χ2v) is 13.0. The zero-order valence-corrected chi connectivity index (χ0v) is 25.5. The molecule has 11 heteroatoms. The lowest BCUT2D eigenvalue weighted by molar-refractivity contribution is -0.346. The third-order valence-corrected chi connectivity index (χ3v) is 10.5. The van der Waals surface area contributed by atoms with Crippen molar-refractivity contribution in [3.63, 3.8) is 0 Å². The monoisotopic (exact) mass is 600 g/mol. The van der Waals surface area contributed by atoms with Crippen molar-refractivity contribution in [3.8, 4) is 0 Å². The van der Waals surface area contributed by atoms with E-state index in [1.165, 1.54) is 27.9 Å². The molecule has 0 amide bonds. The van der Waals surface area contributed by atoms with Crippen LogP contribution in [0.3, 0.4) is 0 Å². The van der Waals surface area contributed by atoms with Crippen molar-refractivity contribution < 1.29 is 53.1 Å². The third kappa shape index (κ3) is 4.38. The van der Waals surface area contributed by atoms with Crippen LogP contribution in [0.4, 0.5) is 0 Å². The van der Waals surface area contributed by atoms with Gasteiger partial charge in [0, 0.05) is 39.2 Å². The van der Waals surface area contributed by atoms with E-state index in [0.717, 1.165) is 0 Å². The molecular formula is C32H40O11. The molecular weight excluding hydrogens is 560 g/mol. The SMILES string of the molecule is CO[C@H]1C[C@@]2(O)[C@H](OC(=O)c3ccccc3)[C@H]3[C@@]4(OC(C)=O)CO[C@@H]4C[C@H](O)[C@@]3(C)C(=O)[C@H](OC(C)=O)C(=C1C)C2(C)C. The number of methoxy groups -OCH3 is 1. The molecule has 9 atom stereocenters. The Morgan fingerprint density at radius 3 is 2.21 bits per heavy atom. The van der Waals surface area contributed by atoms with Crippen LogP contribution in [-0.2, 0) is 38.1 Å². The highest BCUT2D eigenvalue weighted by atomic mass is 16.6. The Bertz CT molecular complexity index is 1370. The van der Waals surface area contributed by atoms with E-state index < -0.39 is 82.2 Å². The van der Waals surface area contributed by atoms with Crippen LogP contribution in [0.1, 0.15) is 64.7 Å². The van der Waals surface area contributed by atoms with Crippen LogP contribution in [0.2, 0.25) is 0 Å². The Balaban J connectivity index is 1.85. The fourth-order valence-electron chi connectivity index (χ4n) is 8.15. The fourth-order valence-corrected chi connectivity index (χ4v) is 8.15. The van der Waals surface area contributed by atoms with Crippen LogP contribution in [0.5, 0.6) is 0 Å². The molecule has 1 saturated heterocycles. The number of Topliss-reactive ketones (excluding diaryl/α,β-unsaturated/α-hetero) is 1. The van der Waals surface area contributed by atoms with Gasteiger partial charge in [-0.3, -0.25) is 14.4 Å². The predicted molar refractivity (Wildman–Crippen MR) is 150 cm³/mol. The number of fused-ring (bicyclic) bond motifs is 5. The van der Waals surface area contributed by atoms with Gasteiger partial charge in [0.15, 0.2) is 17.5 Å². The van der Waals surface area contributed by atoms with Crippen LogP contribution in [0, 0.1) is 16.7 Å². The average molecular weight is 601 g/mol. The lowest BCUT2D eigenvalue weighted by atomic mass is 9.44. The van der Waals surface area contributed by atoms with Gasteiger partial charge in [-0.25, -0.2) is 4.79 Å². The fraction of sp³-hybridized carbons (Fsp3) is 0.625. The summed E-state index contributed by atoms with van der Waals surface area (Å²) < 4.78 is 29.6. The number of carbonyl (C=O) groups is 4. The summed E-state index contributed by atoms with van der Waals surface area (Å²) in [5, 5.41) is 24.8. The van der Waals surface area contributed by atoms with Crippen molar-refractivity contribution in [2.24, 2.45) is 16.7 Å². The van der Waals surface area contributed by atoms with Gasteiger partial charge in [0.25, 0.3) is 0 Å². The van der Waals surface area contributed by atoms with Crippen LogP contribution >= 0.6 is 0 Å². The molecule has 1 aliphatic heterocycles. The number of aliphatic hydroxyl groups excluding tert-OH is 1. The lowest BCUT2D eigenvalue weighted by Gasteiger charge is -2.67. The largest absolute Gasteiger partial charge is 0.455 e. The highest BCUT2D eigenvalue weighted by Gasteiger charge is 2.78. The molecule has 234 valence electrons. The number of benzene rings is 1. The highest BCUT2D eigenvalue weighted by Crippen LogP contribution is 2.64. The summed E-state index contributed by atoms with van der Waals surface area (Å²) in [6.07, 6.45) is -6.22. The molecule has 1 aromatic carbocycles. The van der Waals surface area contributed by atoms with E-state index in [2.05, 4.69) is 0 Å². The molecule has 0 unspecified atom stereocenters. The van der Waals surface area contributed by atoms with Gasteiger partial charge in [0.05, 0.1) is 35.7 Å². The molecule has 43 heavy (non-hydrogen) atoms. The average Bonchev–Trinajstić information content (AvgIpc) is 2.93. The number of carbonyl (C=O) groups excluding carboxylic acids is 4. The van der Waals surface area contributed by atoms with Gasteiger partial charge in [-0.2, -0.15) is 0 Å². The van der Waals surface area contributed by atoms with Gasteiger partial charge in [0.2, 0.25) is 0 Å². The summed E-state index contributed by atoms with van der Waals surface area (Å²) in [6.45, 7) is 8.85. The maximum Gasteiger partial charge on any atom is 0.338 e. The predicted octanol–water partition coefficient (Wildman–Crippen LogP) is 2.31. The zero-order valence-electron chi connectivity index (χ0n) is 25.5. The normalized spacial score (nSPS) is 39.7. The van der Waals surface area contributed by atoms with Crippen LogP contribution in [-0.4, -0.2) is 89.3 Å². The summed E-state index contributed by atoms with van der Waals surface area (Å²) in [5.74, 6) is -4.17. The van der Waals surface area contributed by atoms with Gasteiger partial charge >= 0.3 is 17.9 Å². The number of rotatable bonds is 5. The first-order valence-corrected chi connectivity index (χ1v) is 14.5. The molecule has 4 aliphatic rings. The molecule has 0 radical (unpaired) electrons. The first-order chi connectivity index (χ1) is 20.1. The third-order valence-electron chi connectivity index (χ3n) is 10.5. The van der Waals surface area contributed by atoms with Crippen molar-refractivity contribution in [1.82, 2.24) is 0 Å². The maximum atomic E-state index is 14.9. The van der Waals surface area contributed by atoms with E-state index in [-0.39, 0.29) is 25.0 Å². The standard InChI is InChI=1S/C32H40O11/c1-16-20(39-7)14-32(38)27(42-28(37)19-11-9-8-10-12-19)25-30(6,21(35)13-22-31(25,15-40-22)43-18(3)34)26(36)24(41-17(2)33)23(16)29(32,4)5/h8-12,20-22,24-25,27,35,38H,13-15H2,1-7H3/t20-,21-,22+,24+,25+,27+,30+,31+,32+/m0/s1. The number of aliphatic hydroxyl groups is 2. The van der Waals surface area contributed by atoms with E-state index in [0.29, 0.717) is 11.1 Å². The summed E-state index contributed by atoms with van der Waals surface area (Å²) in [4.78, 5) is 53.8. The molecule has 1 aromatic rings. The number of ether oxygens (including phenoxy) is 5. The Kier molecular flexibility index (Phi) is 7.65. The molecule has 0 spiro atoms. The molecule has 0 aromatic heterocycles. The minimum absolute atomic E-state index is 0.0795. The van der Waals surface area contributed by atoms with Crippen LogP contribution in [0.25, 0.3) is 0 Å². The van der Waals surface area contributed by atoms with Crippen molar-refractivity contribution in [1.29, 1.82) is 0 Å². The Morgan fingerprint density at radius 1 is 1.02 bits per heavy atom. The minimum Gasteiger partial charge on any atom is -0.455 e. The van der Waals surface area contributed by atoms with Crippen molar-refractivity contribution in [3.05, 3.63) is 47.0 Å². The minimum atomic E-state index is -1.98. The summed E-state index contributed by atoms with van der Waals surface area (Å²) >= 11 is 0. The summed E-state index contributed by atoms with van der Waals surface area (Å²) in [6, 6.07) is 8.18. The van der Waals surface area contributed by atoms with E-state index in [4.69, 9.17) is 23.7 Å². The van der Waals surface area contributed by atoms with Crippen LogP contribution in [0.15, 0.2) is 41.5 Å². The molecule has 5 rings (SSSR count). The molecule has 3 fully saturated rings. The van der Waals surface area contributed by atoms with Gasteiger partial charge in [-0.1, -0.05) is 32.0 Å². The molecule has 2 N–H and O–H groups in total. The molecule has 3 aliphatic carbocycles. The molecule has 1 heterocycles. The number of hydrogen-bond acceptors (Lipinski definition) is 11. The van der Waals surface area contributed by atoms with Crippen molar-refractivity contribution >= 4 is 23.7 Å². The summed E-state index contributed by atoms with van der Waals surface area (Å²) in [7, 11) is 1.45. The van der Waals surface area contributed by atoms with E-state index in [1.54, 1.807) is 51.1 Å². The van der Waals surface area contributed by atoms with Gasteiger partial charge in [-0.05, 0) is 37.1 Å². The molecule has 2 saturated carbocycles. The van der Waals surface area contributed by atoms with E-state index in [1.807, 2.05) is 0 Å². The van der Waals surface area contributed by atoms with E-state index >= 15 is 0 Å². The molecule has 11 nitrogen and oxygen atoms in total. The number of ketones is 1. The van der Waals surface area contributed by atoms with E-state index in [9.17, 15) is 29.4 Å². The highest BCUT2D eigenvalue weighted by molar-refractivity contribution is 5.95.